The van der Waals surface area contributed by atoms with E-state index in [1.165, 1.54) is 0 Å². The van der Waals surface area contributed by atoms with Crippen molar-refractivity contribution < 1.29 is 29.0 Å². The van der Waals surface area contributed by atoms with Gasteiger partial charge in [0.1, 0.15) is 18.2 Å². The third-order valence-corrected chi connectivity index (χ3v) is 6.81. The van der Waals surface area contributed by atoms with Gasteiger partial charge in [-0.3, -0.25) is 9.69 Å². The molecule has 0 saturated carbocycles. The van der Waals surface area contributed by atoms with Crippen molar-refractivity contribution in [1.82, 2.24) is 20.4 Å². The number of alkyl carbamates (subject to hydrolysis) is 1. The first-order valence-corrected chi connectivity index (χ1v) is 14.9. The van der Waals surface area contributed by atoms with Gasteiger partial charge in [0.05, 0.1) is 6.10 Å². The van der Waals surface area contributed by atoms with Gasteiger partial charge >= 0.3 is 12.2 Å². The SMILES string of the molecule is CC(C)(C)NC(=O)[C@@H]1CN(C(=O)OC(C)(C)C)CCN1C[C@@H](O)CC(Cc1ccccc1)NC(=O)OCc1ccccc1. The molecular weight excluding hydrogens is 548 g/mol. The number of β-amino-alcohol motifs (C(OH)–C–C–N with tert-alkyl or cyclic N) is 1. The molecule has 10 heteroatoms. The second-order valence-corrected chi connectivity index (χ2v) is 13.2. The van der Waals surface area contributed by atoms with Crippen LogP contribution in [0.5, 0.6) is 0 Å². The average molecular weight is 597 g/mol. The highest BCUT2D eigenvalue weighted by molar-refractivity contribution is 5.83. The van der Waals surface area contributed by atoms with Gasteiger partial charge in [0.25, 0.3) is 0 Å². The molecule has 0 aliphatic carbocycles. The number of benzene rings is 2. The summed E-state index contributed by atoms with van der Waals surface area (Å²) in [7, 11) is 0. The van der Waals surface area contributed by atoms with Crippen LogP contribution < -0.4 is 10.6 Å². The van der Waals surface area contributed by atoms with E-state index < -0.39 is 41.5 Å². The van der Waals surface area contributed by atoms with E-state index >= 15 is 0 Å². The fourth-order valence-corrected chi connectivity index (χ4v) is 4.93. The number of aliphatic hydroxyl groups is 1. The van der Waals surface area contributed by atoms with Crippen molar-refractivity contribution in [3.8, 4) is 0 Å². The second-order valence-electron chi connectivity index (χ2n) is 13.2. The van der Waals surface area contributed by atoms with E-state index in [0.717, 1.165) is 11.1 Å². The summed E-state index contributed by atoms with van der Waals surface area (Å²) >= 11 is 0. The molecule has 10 nitrogen and oxygen atoms in total. The number of carbonyl (C=O) groups is 3. The molecule has 2 aromatic rings. The van der Waals surface area contributed by atoms with Crippen LogP contribution in [-0.4, -0.2) is 88.5 Å². The summed E-state index contributed by atoms with van der Waals surface area (Å²) in [5, 5.41) is 17.2. The number of hydrogen-bond acceptors (Lipinski definition) is 7. The Morgan fingerprint density at radius 3 is 2.12 bits per heavy atom. The second kappa shape index (κ2) is 15.2. The fraction of sp³-hybridized carbons (Fsp3) is 0.545. The molecule has 1 fully saturated rings. The van der Waals surface area contributed by atoms with Gasteiger partial charge in [0, 0.05) is 37.8 Å². The zero-order chi connectivity index (χ0) is 31.6. The highest BCUT2D eigenvalue weighted by Crippen LogP contribution is 2.18. The molecular formula is C33H48N4O6. The maximum atomic E-state index is 13.4. The van der Waals surface area contributed by atoms with Gasteiger partial charge < -0.3 is 30.1 Å². The van der Waals surface area contributed by atoms with Crippen LogP contribution in [0.25, 0.3) is 0 Å². The van der Waals surface area contributed by atoms with Crippen LogP contribution >= 0.6 is 0 Å². The molecule has 1 saturated heterocycles. The lowest BCUT2D eigenvalue weighted by Crippen LogP contribution is -2.63. The standard InChI is InChI=1S/C33H48N4O6/c1-32(2,3)35-29(39)28-22-37(31(41)43-33(4,5)6)18-17-36(28)21-27(38)20-26(19-24-13-9-7-10-14-24)34-30(40)42-23-25-15-11-8-12-16-25/h7-16,26-28,38H,17-23H2,1-6H3,(H,34,40)(H,35,39)/t26?,27-,28-/m0/s1. The summed E-state index contributed by atoms with van der Waals surface area (Å²) in [5.41, 5.74) is 0.760. The first-order valence-electron chi connectivity index (χ1n) is 14.9. The Morgan fingerprint density at radius 2 is 1.53 bits per heavy atom. The molecule has 0 spiro atoms. The van der Waals surface area contributed by atoms with Crippen molar-refractivity contribution in [2.45, 2.75) is 90.3 Å². The van der Waals surface area contributed by atoms with Crippen LogP contribution in [0.1, 0.15) is 59.1 Å². The smallest absolute Gasteiger partial charge is 0.410 e. The summed E-state index contributed by atoms with van der Waals surface area (Å²) in [6, 6.07) is 18.1. The van der Waals surface area contributed by atoms with E-state index in [1.54, 1.807) is 25.7 Å². The highest BCUT2D eigenvalue weighted by atomic mass is 16.6. The average Bonchev–Trinajstić information content (AvgIpc) is 2.91. The van der Waals surface area contributed by atoms with E-state index in [-0.39, 0.29) is 32.0 Å². The molecule has 2 aromatic carbocycles. The van der Waals surface area contributed by atoms with Crippen molar-refractivity contribution in [3.05, 3.63) is 71.8 Å². The number of piperazine rings is 1. The van der Waals surface area contributed by atoms with Crippen LogP contribution in [0.4, 0.5) is 9.59 Å². The zero-order valence-electron chi connectivity index (χ0n) is 26.3. The maximum Gasteiger partial charge on any atom is 0.410 e. The van der Waals surface area contributed by atoms with Gasteiger partial charge in [-0.15, -0.1) is 0 Å². The molecule has 236 valence electrons. The summed E-state index contributed by atoms with van der Waals surface area (Å²) in [6.07, 6.45) is -1.15. The number of amides is 3. The van der Waals surface area contributed by atoms with Gasteiger partial charge in [0.2, 0.25) is 5.91 Å². The van der Waals surface area contributed by atoms with Gasteiger partial charge in [-0.05, 0) is 65.5 Å². The maximum absolute atomic E-state index is 13.4. The number of aliphatic hydroxyl groups excluding tert-OH is 1. The molecule has 1 heterocycles. The number of hydrogen-bond donors (Lipinski definition) is 3. The first-order chi connectivity index (χ1) is 20.2. The van der Waals surface area contributed by atoms with Crippen molar-refractivity contribution >= 4 is 18.1 Å². The van der Waals surface area contributed by atoms with Crippen molar-refractivity contribution in [2.24, 2.45) is 0 Å². The summed E-state index contributed by atoms with van der Waals surface area (Å²) in [5.74, 6) is -0.226. The Bertz CT molecular complexity index is 1180. The van der Waals surface area contributed by atoms with Gasteiger partial charge in [-0.25, -0.2) is 9.59 Å². The minimum absolute atomic E-state index is 0.139. The molecule has 1 aliphatic heterocycles. The molecule has 3 rings (SSSR count). The predicted molar refractivity (Wildman–Crippen MR) is 165 cm³/mol. The van der Waals surface area contributed by atoms with Crippen molar-refractivity contribution in [3.63, 3.8) is 0 Å². The Labute approximate surface area is 255 Å². The molecule has 43 heavy (non-hydrogen) atoms. The van der Waals surface area contributed by atoms with E-state index in [2.05, 4.69) is 10.6 Å². The zero-order valence-corrected chi connectivity index (χ0v) is 26.3. The largest absolute Gasteiger partial charge is 0.445 e. The lowest BCUT2D eigenvalue weighted by Gasteiger charge is -2.42. The summed E-state index contributed by atoms with van der Waals surface area (Å²) in [6.45, 7) is 12.3. The van der Waals surface area contributed by atoms with Crippen LogP contribution in [0.2, 0.25) is 0 Å². The minimum atomic E-state index is -0.860. The third kappa shape index (κ3) is 12.2. The third-order valence-electron chi connectivity index (χ3n) is 6.81. The highest BCUT2D eigenvalue weighted by Gasteiger charge is 2.38. The molecule has 3 atom stereocenters. The van der Waals surface area contributed by atoms with Gasteiger partial charge in [-0.1, -0.05) is 60.7 Å². The molecule has 1 aliphatic rings. The summed E-state index contributed by atoms with van der Waals surface area (Å²) < 4.78 is 11.0. The number of rotatable bonds is 10. The molecule has 3 N–H and O–H groups in total. The molecule has 3 amide bonds. The van der Waals surface area contributed by atoms with Crippen molar-refractivity contribution in [2.75, 3.05) is 26.2 Å². The normalized spacial score (nSPS) is 17.5. The van der Waals surface area contributed by atoms with Crippen LogP contribution in [0.3, 0.4) is 0 Å². The quantitative estimate of drug-likeness (QED) is 0.378. The lowest BCUT2D eigenvalue weighted by atomic mass is 9.99. The van der Waals surface area contributed by atoms with Crippen molar-refractivity contribution in [1.29, 1.82) is 0 Å². The predicted octanol–water partition coefficient (Wildman–Crippen LogP) is 4.11. The van der Waals surface area contributed by atoms with E-state index in [9.17, 15) is 19.5 Å². The topological polar surface area (TPSA) is 120 Å². The Balaban J connectivity index is 1.68. The van der Waals surface area contributed by atoms with Gasteiger partial charge in [0.15, 0.2) is 0 Å². The fourth-order valence-electron chi connectivity index (χ4n) is 4.93. The number of nitrogens with zero attached hydrogens (tertiary/aromatic N) is 2. The Kier molecular flexibility index (Phi) is 12.0. The van der Waals surface area contributed by atoms with Gasteiger partial charge in [-0.2, -0.15) is 0 Å². The number of ether oxygens (including phenoxy) is 2. The number of carbonyl (C=O) groups excluding carboxylic acids is 3. The monoisotopic (exact) mass is 596 g/mol. The molecule has 0 radical (unpaired) electrons. The Hall–Kier alpha value is -3.63. The van der Waals surface area contributed by atoms with E-state index in [1.807, 2.05) is 86.3 Å². The lowest BCUT2D eigenvalue weighted by molar-refractivity contribution is -0.130. The van der Waals surface area contributed by atoms with E-state index in [4.69, 9.17) is 9.47 Å². The van der Waals surface area contributed by atoms with Crippen LogP contribution in [0.15, 0.2) is 60.7 Å². The Morgan fingerprint density at radius 1 is 0.930 bits per heavy atom. The summed E-state index contributed by atoms with van der Waals surface area (Å²) in [4.78, 5) is 42.4. The van der Waals surface area contributed by atoms with E-state index in [0.29, 0.717) is 19.5 Å². The molecule has 0 bridgehead atoms. The molecule has 0 aromatic heterocycles. The number of nitrogens with one attached hydrogen (secondary N) is 2. The minimum Gasteiger partial charge on any atom is -0.445 e. The first kappa shape index (κ1) is 33.9. The van der Waals surface area contributed by atoms with Crippen LogP contribution in [0, 0.1) is 0 Å². The van der Waals surface area contributed by atoms with Crippen LogP contribution in [-0.2, 0) is 27.3 Å². The molecule has 1 unspecified atom stereocenters.